The number of aryl methyl sites for hydroxylation is 2. The molecule has 0 bridgehead atoms. The van der Waals surface area contributed by atoms with Crippen LogP contribution in [0.15, 0.2) is 53.1 Å². The predicted octanol–water partition coefficient (Wildman–Crippen LogP) is 4.71. The fourth-order valence-electron chi connectivity index (χ4n) is 3.01. The molecule has 3 heterocycles. The Bertz CT molecular complexity index is 778. The molecule has 20 heavy (non-hydrogen) atoms. The Morgan fingerprint density at radius 2 is 1.70 bits per heavy atom. The van der Waals surface area contributed by atoms with Gasteiger partial charge in [-0.15, -0.1) is 0 Å². The minimum atomic E-state index is 1.05. The molecular formula is C17H15BrN2. The molecule has 100 valence electrons. The maximum atomic E-state index is 3.49. The number of nitrogens with zero attached hydrogens (tertiary/aromatic N) is 2. The summed E-state index contributed by atoms with van der Waals surface area (Å²) in [5, 5.41) is 0. The SMILES string of the molecule is Cc1ccc2n1CCn1cc(-c3ccc(Br)cc3)cc1-2. The molecule has 0 spiro atoms. The van der Waals surface area contributed by atoms with Gasteiger partial charge >= 0.3 is 0 Å². The van der Waals surface area contributed by atoms with Crippen molar-refractivity contribution >= 4 is 15.9 Å². The van der Waals surface area contributed by atoms with Gasteiger partial charge in [0.15, 0.2) is 0 Å². The fraction of sp³-hybridized carbons (Fsp3) is 0.176. The maximum absolute atomic E-state index is 3.49. The Labute approximate surface area is 126 Å². The summed E-state index contributed by atoms with van der Waals surface area (Å²) in [7, 11) is 0. The first kappa shape index (κ1) is 12.0. The second-order valence-corrected chi connectivity index (χ2v) is 6.24. The average Bonchev–Trinajstić information content (AvgIpc) is 3.03. The first-order valence-corrected chi connectivity index (χ1v) is 7.64. The zero-order valence-corrected chi connectivity index (χ0v) is 12.9. The van der Waals surface area contributed by atoms with E-state index in [1.165, 1.54) is 28.2 Å². The topological polar surface area (TPSA) is 9.86 Å². The molecule has 0 fully saturated rings. The van der Waals surface area contributed by atoms with Gasteiger partial charge < -0.3 is 9.13 Å². The number of hydrogen-bond acceptors (Lipinski definition) is 0. The first-order valence-electron chi connectivity index (χ1n) is 6.85. The van der Waals surface area contributed by atoms with Crippen LogP contribution < -0.4 is 0 Å². The molecule has 2 nitrogen and oxygen atoms in total. The van der Waals surface area contributed by atoms with Crippen LogP contribution in [-0.2, 0) is 13.1 Å². The molecule has 0 saturated carbocycles. The van der Waals surface area contributed by atoms with E-state index in [1.54, 1.807) is 0 Å². The number of halogens is 1. The number of fused-ring (bicyclic) bond motifs is 3. The largest absolute Gasteiger partial charge is 0.344 e. The summed E-state index contributed by atoms with van der Waals surface area (Å²) in [4.78, 5) is 0. The minimum absolute atomic E-state index is 1.05. The molecule has 0 radical (unpaired) electrons. The molecule has 1 aromatic carbocycles. The van der Waals surface area contributed by atoms with Crippen LogP contribution in [0, 0.1) is 6.92 Å². The number of hydrogen-bond donors (Lipinski definition) is 0. The van der Waals surface area contributed by atoms with Gasteiger partial charge in [-0.2, -0.15) is 0 Å². The molecule has 3 heteroatoms. The van der Waals surface area contributed by atoms with Crippen molar-refractivity contribution in [1.29, 1.82) is 0 Å². The van der Waals surface area contributed by atoms with Gasteiger partial charge in [0, 0.05) is 35.0 Å². The Hall–Kier alpha value is -1.74. The summed E-state index contributed by atoms with van der Waals surface area (Å²) in [6.45, 7) is 4.29. The molecule has 1 aliphatic rings. The van der Waals surface area contributed by atoms with Gasteiger partial charge in [-0.1, -0.05) is 28.1 Å². The molecule has 2 aromatic heterocycles. The van der Waals surface area contributed by atoms with Crippen molar-refractivity contribution < 1.29 is 0 Å². The summed E-state index contributed by atoms with van der Waals surface area (Å²) >= 11 is 3.49. The summed E-state index contributed by atoms with van der Waals surface area (Å²) in [6, 6.07) is 15.2. The highest BCUT2D eigenvalue weighted by molar-refractivity contribution is 9.10. The van der Waals surface area contributed by atoms with Crippen LogP contribution in [0.25, 0.3) is 22.5 Å². The lowest BCUT2D eigenvalue weighted by Gasteiger charge is -2.20. The zero-order valence-electron chi connectivity index (χ0n) is 11.3. The van der Waals surface area contributed by atoms with Gasteiger partial charge in [-0.05, 0) is 42.8 Å². The summed E-state index contributed by atoms with van der Waals surface area (Å²) < 4.78 is 5.89. The fourth-order valence-corrected chi connectivity index (χ4v) is 3.27. The lowest BCUT2D eigenvalue weighted by molar-refractivity contribution is 0.552. The Kier molecular flexibility index (Phi) is 2.64. The third-order valence-electron chi connectivity index (χ3n) is 4.10. The van der Waals surface area contributed by atoms with Crippen LogP contribution in [-0.4, -0.2) is 9.13 Å². The van der Waals surface area contributed by atoms with Gasteiger partial charge in [0.25, 0.3) is 0 Å². The van der Waals surface area contributed by atoms with Gasteiger partial charge in [-0.25, -0.2) is 0 Å². The number of benzene rings is 1. The van der Waals surface area contributed by atoms with E-state index in [2.05, 4.69) is 80.6 Å². The molecule has 0 unspecified atom stereocenters. The quantitative estimate of drug-likeness (QED) is 0.613. The van der Waals surface area contributed by atoms with E-state index < -0.39 is 0 Å². The Morgan fingerprint density at radius 3 is 2.50 bits per heavy atom. The predicted molar refractivity (Wildman–Crippen MR) is 85.7 cm³/mol. The molecule has 3 aromatic rings. The van der Waals surface area contributed by atoms with Crippen LogP contribution in [0.2, 0.25) is 0 Å². The van der Waals surface area contributed by atoms with Crippen molar-refractivity contribution in [1.82, 2.24) is 9.13 Å². The maximum Gasteiger partial charge on any atom is 0.0655 e. The highest BCUT2D eigenvalue weighted by atomic mass is 79.9. The molecule has 0 amide bonds. The second kappa shape index (κ2) is 4.38. The number of rotatable bonds is 1. The second-order valence-electron chi connectivity index (χ2n) is 5.33. The highest BCUT2D eigenvalue weighted by Crippen LogP contribution is 2.33. The van der Waals surface area contributed by atoms with Gasteiger partial charge in [0.1, 0.15) is 0 Å². The third kappa shape index (κ3) is 1.77. The van der Waals surface area contributed by atoms with Crippen LogP contribution >= 0.6 is 15.9 Å². The standard InChI is InChI=1S/C17H15BrN2/c1-12-2-7-16-17-10-14(11-19(17)8-9-20(12)16)13-3-5-15(18)6-4-13/h2-7,10-11H,8-9H2,1H3. The molecule has 0 saturated heterocycles. The van der Waals surface area contributed by atoms with Crippen molar-refractivity contribution in [2.75, 3.05) is 0 Å². The van der Waals surface area contributed by atoms with Crippen molar-refractivity contribution in [3.63, 3.8) is 0 Å². The van der Waals surface area contributed by atoms with E-state index in [0.29, 0.717) is 0 Å². The van der Waals surface area contributed by atoms with E-state index >= 15 is 0 Å². The molecule has 1 aliphatic heterocycles. The van der Waals surface area contributed by atoms with E-state index in [4.69, 9.17) is 0 Å². The summed E-state index contributed by atoms with van der Waals surface area (Å²) in [5.41, 5.74) is 6.56. The molecular weight excluding hydrogens is 312 g/mol. The summed E-state index contributed by atoms with van der Waals surface area (Å²) in [5.74, 6) is 0. The van der Waals surface area contributed by atoms with E-state index in [1.807, 2.05) is 0 Å². The normalized spacial score (nSPS) is 13.1. The van der Waals surface area contributed by atoms with Crippen LogP contribution in [0.4, 0.5) is 0 Å². The molecule has 0 aliphatic carbocycles. The zero-order chi connectivity index (χ0) is 13.7. The third-order valence-corrected chi connectivity index (χ3v) is 4.63. The van der Waals surface area contributed by atoms with Crippen molar-refractivity contribution in [3.05, 3.63) is 58.8 Å². The van der Waals surface area contributed by atoms with Crippen molar-refractivity contribution in [2.24, 2.45) is 0 Å². The smallest absolute Gasteiger partial charge is 0.0655 e. The van der Waals surface area contributed by atoms with Crippen LogP contribution in [0.1, 0.15) is 5.69 Å². The van der Waals surface area contributed by atoms with E-state index in [-0.39, 0.29) is 0 Å². The van der Waals surface area contributed by atoms with Gasteiger partial charge in [-0.3, -0.25) is 0 Å². The monoisotopic (exact) mass is 326 g/mol. The van der Waals surface area contributed by atoms with Crippen LogP contribution in [0.3, 0.4) is 0 Å². The Morgan fingerprint density at radius 1 is 0.900 bits per heavy atom. The molecule has 0 N–H and O–H groups in total. The van der Waals surface area contributed by atoms with Gasteiger partial charge in [0.2, 0.25) is 0 Å². The van der Waals surface area contributed by atoms with E-state index in [9.17, 15) is 0 Å². The highest BCUT2D eigenvalue weighted by Gasteiger charge is 2.18. The molecule has 4 rings (SSSR count). The van der Waals surface area contributed by atoms with Crippen molar-refractivity contribution in [3.8, 4) is 22.5 Å². The first-order chi connectivity index (χ1) is 9.72. The van der Waals surface area contributed by atoms with Gasteiger partial charge in [0.05, 0.1) is 11.4 Å². The average molecular weight is 327 g/mol. The van der Waals surface area contributed by atoms with E-state index in [0.717, 1.165) is 17.6 Å². The lowest BCUT2D eigenvalue weighted by Crippen LogP contribution is -2.15. The Balaban J connectivity index is 1.84. The van der Waals surface area contributed by atoms with Crippen LogP contribution in [0.5, 0.6) is 0 Å². The lowest BCUT2D eigenvalue weighted by atomic mass is 10.1. The van der Waals surface area contributed by atoms with Crippen molar-refractivity contribution in [2.45, 2.75) is 20.0 Å². The summed E-state index contributed by atoms with van der Waals surface area (Å²) in [6.07, 6.45) is 2.27. The minimum Gasteiger partial charge on any atom is -0.344 e. The molecule has 0 atom stereocenters. The number of aromatic nitrogens is 2.